The van der Waals surface area contributed by atoms with Gasteiger partial charge in [0.25, 0.3) is 0 Å². The number of guanidine groups is 1. The van der Waals surface area contributed by atoms with Gasteiger partial charge in [0.05, 0.1) is 0 Å². The van der Waals surface area contributed by atoms with Crippen LogP contribution in [0.5, 0.6) is 0 Å². The lowest BCUT2D eigenvalue weighted by Gasteiger charge is -2.43. The molecule has 0 unspecified atom stereocenters. The molecular formula is C18H27N3. The molecule has 0 amide bonds. The number of rotatable bonds is 5. The van der Waals surface area contributed by atoms with Crippen LogP contribution in [0.25, 0.3) is 0 Å². The molecule has 2 aliphatic rings. The monoisotopic (exact) mass is 285 g/mol. The molecule has 3 heteroatoms. The summed E-state index contributed by atoms with van der Waals surface area (Å²) in [7, 11) is 4.00. The zero-order valence-electron chi connectivity index (χ0n) is 13.3. The number of nitrogens with one attached hydrogen (secondary N) is 1. The van der Waals surface area contributed by atoms with E-state index in [9.17, 15) is 0 Å². The summed E-state index contributed by atoms with van der Waals surface area (Å²) in [5.74, 6) is 2.00. The fraction of sp³-hybridized carbons (Fsp3) is 0.611. The van der Waals surface area contributed by atoms with E-state index in [4.69, 9.17) is 0 Å². The number of nitrogens with zero attached hydrogens (tertiary/aromatic N) is 2. The second-order valence-corrected chi connectivity index (χ2v) is 6.73. The van der Waals surface area contributed by atoms with Crippen molar-refractivity contribution >= 4 is 5.96 Å². The minimum Gasteiger partial charge on any atom is -0.356 e. The van der Waals surface area contributed by atoms with E-state index in [-0.39, 0.29) is 0 Å². The van der Waals surface area contributed by atoms with Crippen molar-refractivity contribution in [3.05, 3.63) is 35.9 Å². The Kier molecular flexibility index (Phi) is 4.18. The molecule has 1 aromatic rings. The Morgan fingerprint density at radius 2 is 2.00 bits per heavy atom. The summed E-state index contributed by atoms with van der Waals surface area (Å²) in [5, 5.41) is 3.63. The third kappa shape index (κ3) is 3.22. The van der Waals surface area contributed by atoms with Crippen LogP contribution in [0, 0.1) is 11.3 Å². The van der Waals surface area contributed by atoms with Crippen molar-refractivity contribution in [1.29, 1.82) is 0 Å². The van der Waals surface area contributed by atoms with E-state index in [1.165, 1.54) is 37.7 Å². The molecule has 0 aliphatic heterocycles. The standard InChI is InChI=1S/C18H27N3/c1-19-17(21(2)13-15-7-4-3-5-8-15)20-14-18(11-6-12-18)16-9-10-16/h3-5,7-8,16H,6,9-14H2,1-2H3,(H,19,20). The first kappa shape index (κ1) is 14.4. The molecule has 1 aromatic carbocycles. The Hall–Kier alpha value is -1.51. The fourth-order valence-corrected chi connectivity index (χ4v) is 3.63. The average molecular weight is 285 g/mol. The first-order chi connectivity index (χ1) is 10.2. The molecule has 2 saturated carbocycles. The highest BCUT2D eigenvalue weighted by Gasteiger charge is 2.48. The van der Waals surface area contributed by atoms with Gasteiger partial charge in [-0.15, -0.1) is 0 Å². The van der Waals surface area contributed by atoms with Crippen LogP contribution in [0.2, 0.25) is 0 Å². The number of hydrogen-bond donors (Lipinski definition) is 1. The highest BCUT2D eigenvalue weighted by atomic mass is 15.3. The average Bonchev–Trinajstić information content (AvgIpc) is 3.28. The van der Waals surface area contributed by atoms with E-state index in [1.807, 2.05) is 7.05 Å². The molecule has 114 valence electrons. The van der Waals surface area contributed by atoms with Crippen molar-refractivity contribution < 1.29 is 0 Å². The van der Waals surface area contributed by atoms with Crippen LogP contribution in [-0.2, 0) is 6.54 Å². The van der Waals surface area contributed by atoms with Gasteiger partial charge in [-0.05, 0) is 42.6 Å². The second-order valence-electron chi connectivity index (χ2n) is 6.73. The van der Waals surface area contributed by atoms with Gasteiger partial charge in [-0.2, -0.15) is 0 Å². The van der Waals surface area contributed by atoms with Crippen LogP contribution in [-0.4, -0.2) is 31.5 Å². The Bertz CT molecular complexity index is 486. The molecule has 1 N–H and O–H groups in total. The van der Waals surface area contributed by atoms with Crippen molar-refractivity contribution in [3.63, 3.8) is 0 Å². The Morgan fingerprint density at radius 3 is 2.52 bits per heavy atom. The number of benzene rings is 1. The molecule has 0 radical (unpaired) electrons. The zero-order chi connectivity index (χ0) is 14.7. The summed E-state index contributed by atoms with van der Waals surface area (Å²) in [4.78, 5) is 6.67. The van der Waals surface area contributed by atoms with E-state index in [0.717, 1.165) is 25.0 Å². The molecule has 2 aliphatic carbocycles. The summed E-state index contributed by atoms with van der Waals surface area (Å²) in [5.41, 5.74) is 1.91. The van der Waals surface area contributed by atoms with Gasteiger partial charge in [0.15, 0.2) is 5.96 Å². The summed E-state index contributed by atoms with van der Waals surface area (Å²) in [6.45, 7) is 2.00. The molecule has 0 saturated heterocycles. The van der Waals surface area contributed by atoms with E-state index < -0.39 is 0 Å². The quantitative estimate of drug-likeness (QED) is 0.664. The largest absolute Gasteiger partial charge is 0.356 e. The molecule has 0 heterocycles. The maximum absolute atomic E-state index is 4.46. The van der Waals surface area contributed by atoms with Crippen molar-refractivity contribution in [1.82, 2.24) is 10.2 Å². The lowest BCUT2D eigenvalue weighted by Crippen LogP contribution is -2.47. The molecule has 21 heavy (non-hydrogen) atoms. The maximum Gasteiger partial charge on any atom is 0.193 e. The van der Waals surface area contributed by atoms with Crippen LogP contribution >= 0.6 is 0 Å². The minimum atomic E-state index is 0.587. The molecule has 2 fully saturated rings. The van der Waals surface area contributed by atoms with Crippen molar-refractivity contribution in [2.45, 2.75) is 38.6 Å². The van der Waals surface area contributed by atoms with Gasteiger partial charge >= 0.3 is 0 Å². The molecule has 3 rings (SSSR count). The zero-order valence-corrected chi connectivity index (χ0v) is 13.3. The van der Waals surface area contributed by atoms with Crippen LogP contribution < -0.4 is 5.32 Å². The smallest absolute Gasteiger partial charge is 0.193 e. The number of hydrogen-bond acceptors (Lipinski definition) is 1. The molecule has 0 aromatic heterocycles. The van der Waals surface area contributed by atoms with Crippen LogP contribution in [0.4, 0.5) is 0 Å². The normalized spacial score (nSPS) is 20.8. The Balaban J connectivity index is 1.55. The molecule has 0 bridgehead atoms. The molecular weight excluding hydrogens is 258 g/mol. The predicted octanol–water partition coefficient (Wildman–Crippen LogP) is 3.27. The summed E-state index contributed by atoms with van der Waals surface area (Å²) >= 11 is 0. The summed E-state index contributed by atoms with van der Waals surface area (Å²) in [6, 6.07) is 10.6. The van der Waals surface area contributed by atoms with Crippen LogP contribution in [0.1, 0.15) is 37.7 Å². The van der Waals surface area contributed by atoms with Gasteiger partial charge in [-0.1, -0.05) is 36.8 Å². The SMILES string of the molecule is CN=C(NCC1(C2CC2)CCC1)N(C)Cc1ccccc1. The van der Waals surface area contributed by atoms with Gasteiger partial charge in [0.1, 0.15) is 0 Å². The van der Waals surface area contributed by atoms with E-state index >= 15 is 0 Å². The first-order valence-electron chi connectivity index (χ1n) is 8.19. The van der Waals surface area contributed by atoms with E-state index in [1.54, 1.807) is 0 Å². The Labute approximate surface area is 128 Å². The second kappa shape index (κ2) is 6.08. The van der Waals surface area contributed by atoms with Crippen molar-refractivity contribution in [3.8, 4) is 0 Å². The molecule has 3 nitrogen and oxygen atoms in total. The third-order valence-corrected chi connectivity index (χ3v) is 5.23. The van der Waals surface area contributed by atoms with Gasteiger partial charge in [0.2, 0.25) is 0 Å². The maximum atomic E-state index is 4.46. The van der Waals surface area contributed by atoms with Gasteiger partial charge in [0, 0.05) is 27.2 Å². The lowest BCUT2D eigenvalue weighted by molar-refractivity contribution is 0.105. The third-order valence-electron chi connectivity index (χ3n) is 5.23. The van der Waals surface area contributed by atoms with E-state index in [2.05, 4.69) is 52.6 Å². The van der Waals surface area contributed by atoms with Gasteiger partial charge in [-0.3, -0.25) is 4.99 Å². The molecule has 0 spiro atoms. The van der Waals surface area contributed by atoms with Crippen LogP contribution in [0.3, 0.4) is 0 Å². The van der Waals surface area contributed by atoms with Gasteiger partial charge in [-0.25, -0.2) is 0 Å². The highest BCUT2D eigenvalue weighted by molar-refractivity contribution is 5.79. The van der Waals surface area contributed by atoms with Gasteiger partial charge < -0.3 is 10.2 Å². The summed E-state index contributed by atoms with van der Waals surface area (Å²) < 4.78 is 0. The summed E-state index contributed by atoms with van der Waals surface area (Å²) in [6.07, 6.45) is 7.12. The Morgan fingerprint density at radius 1 is 1.29 bits per heavy atom. The predicted molar refractivity (Wildman–Crippen MR) is 88.3 cm³/mol. The van der Waals surface area contributed by atoms with E-state index in [0.29, 0.717) is 5.41 Å². The van der Waals surface area contributed by atoms with Crippen molar-refractivity contribution in [2.24, 2.45) is 16.3 Å². The number of aliphatic imine (C=N–C) groups is 1. The highest BCUT2D eigenvalue weighted by Crippen LogP contribution is 2.56. The lowest BCUT2D eigenvalue weighted by atomic mass is 9.65. The van der Waals surface area contributed by atoms with Crippen LogP contribution in [0.15, 0.2) is 35.3 Å². The fourth-order valence-electron chi connectivity index (χ4n) is 3.63. The minimum absolute atomic E-state index is 0.587. The topological polar surface area (TPSA) is 27.6 Å². The molecule has 0 atom stereocenters. The first-order valence-corrected chi connectivity index (χ1v) is 8.19. The van der Waals surface area contributed by atoms with Crippen molar-refractivity contribution in [2.75, 3.05) is 20.6 Å².